The fourth-order valence-corrected chi connectivity index (χ4v) is 2.11. The van der Waals surface area contributed by atoms with Crippen LogP contribution in [-0.2, 0) is 4.79 Å². The first-order chi connectivity index (χ1) is 7.25. The summed E-state index contributed by atoms with van der Waals surface area (Å²) in [5.74, 6) is 0.269. The van der Waals surface area contributed by atoms with E-state index in [0.717, 1.165) is 23.7 Å². The van der Waals surface area contributed by atoms with Crippen molar-refractivity contribution in [3.63, 3.8) is 0 Å². The summed E-state index contributed by atoms with van der Waals surface area (Å²) in [5.41, 5.74) is 2.36. The van der Waals surface area contributed by atoms with Gasteiger partial charge in [0.05, 0.1) is 0 Å². The smallest absolute Gasteiger partial charge is 0.155 e. The zero-order chi connectivity index (χ0) is 10.7. The maximum atomic E-state index is 11.4. The zero-order valence-electron chi connectivity index (χ0n) is 8.50. The second-order valence-electron chi connectivity index (χ2n) is 3.85. The van der Waals surface area contributed by atoms with Gasteiger partial charge in [-0.3, -0.25) is 4.79 Å². The van der Waals surface area contributed by atoms with Gasteiger partial charge in [0.15, 0.2) is 5.78 Å². The van der Waals surface area contributed by atoms with Crippen molar-refractivity contribution in [2.45, 2.75) is 25.7 Å². The Morgan fingerprint density at radius 2 is 1.67 bits per heavy atom. The number of carbonyl (C=O) groups excluding carboxylic acids is 1. The normalized spacial score (nSPS) is 17.1. The molecular weight excluding hydrogens is 252 g/mol. The van der Waals surface area contributed by atoms with Crippen LogP contribution in [0, 0.1) is 0 Å². The highest BCUT2D eigenvalue weighted by Crippen LogP contribution is 2.25. The number of ketones is 1. The van der Waals surface area contributed by atoms with E-state index in [1.54, 1.807) is 0 Å². The molecule has 0 fully saturated rings. The lowest BCUT2D eigenvalue weighted by molar-refractivity contribution is -0.114. The first-order valence-corrected chi connectivity index (χ1v) is 6.04. The van der Waals surface area contributed by atoms with Crippen molar-refractivity contribution in [3.8, 4) is 0 Å². The summed E-state index contributed by atoms with van der Waals surface area (Å²) in [5, 5.41) is 0. The molecule has 1 nitrogen and oxygen atoms in total. The third-order valence-electron chi connectivity index (χ3n) is 2.67. The molecule has 78 valence electrons. The number of allylic oxidation sites excluding steroid dienone is 2. The van der Waals surface area contributed by atoms with Crippen LogP contribution in [0.5, 0.6) is 0 Å². The minimum atomic E-state index is 0.269. The van der Waals surface area contributed by atoms with Crippen LogP contribution in [0.2, 0.25) is 0 Å². The number of carbonyl (C=O) groups is 1. The summed E-state index contributed by atoms with van der Waals surface area (Å²) in [4.78, 5) is 11.4. The maximum absolute atomic E-state index is 11.4. The van der Waals surface area contributed by atoms with Crippen molar-refractivity contribution in [2.24, 2.45) is 0 Å². The van der Waals surface area contributed by atoms with E-state index in [4.69, 9.17) is 0 Å². The predicted octanol–water partition coefficient (Wildman–Crippen LogP) is 3.98. The van der Waals surface area contributed by atoms with Gasteiger partial charge in [-0.05, 0) is 48.6 Å². The lowest BCUT2D eigenvalue weighted by Crippen LogP contribution is -1.90. The average Bonchev–Trinajstić information content (AvgIpc) is 2.44. The molecule has 0 heterocycles. The monoisotopic (exact) mass is 264 g/mol. The van der Waals surface area contributed by atoms with Crippen molar-refractivity contribution < 1.29 is 4.79 Å². The molecule has 2 heteroatoms. The fourth-order valence-electron chi connectivity index (χ4n) is 1.84. The van der Waals surface area contributed by atoms with E-state index in [2.05, 4.69) is 28.1 Å². The number of rotatable bonds is 1. The van der Waals surface area contributed by atoms with Gasteiger partial charge >= 0.3 is 0 Å². The molecule has 0 saturated heterocycles. The Labute approximate surface area is 98.3 Å². The fraction of sp³-hybridized carbons (Fsp3) is 0.308. The van der Waals surface area contributed by atoms with E-state index < -0.39 is 0 Å². The van der Waals surface area contributed by atoms with E-state index in [0.29, 0.717) is 6.42 Å². The predicted molar refractivity (Wildman–Crippen MR) is 65.6 cm³/mol. The topological polar surface area (TPSA) is 17.1 Å². The van der Waals surface area contributed by atoms with E-state index in [-0.39, 0.29) is 5.78 Å². The summed E-state index contributed by atoms with van der Waals surface area (Å²) in [6, 6.07) is 8.17. The Morgan fingerprint density at radius 3 is 2.40 bits per heavy atom. The van der Waals surface area contributed by atoms with Gasteiger partial charge in [-0.2, -0.15) is 0 Å². The molecule has 1 aromatic carbocycles. The highest BCUT2D eigenvalue weighted by molar-refractivity contribution is 9.10. The van der Waals surface area contributed by atoms with Crippen LogP contribution in [0.1, 0.15) is 31.2 Å². The van der Waals surface area contributed by atoms with Gasteiger partial charge in [0.25, 0.3) is 0 Å². The Balaban J connectivity index is 2.28. The van der Waals surface area contributed by atoms with Gasteiger partial charge in [0, 0.05) is 10.9 Å². The summed E-state index contributed by atoms with van der Waals surface area (Å²) in [7, 11) is 0. The number of hydrogen-bond donors (Lipinski definition) is 0. The highest BCUT2D eigenvalue weighted by atomic mass is 79.9. The summed E-state index contributed by atoms with van der Waals surface area (Å²) >= 11 is 3.41. The van der Waals surface area contributed by atoms with Gasteiger partial charge in [-0.25, -0.2) is 0 Å². The second-order valence-corrected chi connectivity index (χ2v) is 4.77. The number of halogens is 1. The summed E-state index contributed by atoms with van der Waals surface area (Å²) < 4.78 is 1.08. The summed E-state index contributed by atoms with van der Waals surface area (Å²) in [6.45, 7) is 0. The molecule has 0 N–H and O–H groups in total. The van der Waals surface area contributed by atoms with Gasteiger partial charge in [0.2, 0.25) is 0 Å². The van der Waals surface area contributed by atoms with E-state index in [1.165, 1.54) is 11.1 Å². The van der Waals surface area contributed by atoms with E-state index in [1.807, 2.05) is 18.2 Å². The Hall–Kier alpha value is -0.890. The molecule has 0 aromatic heterocycles. The highest BCUT2D eigenvalue weighted by Gasteiger charge is 2.09. The Morgan fingerprint density at radius 1 is 1.00 bits per heavy atom. The van der Waals surface area contributed by atoms with Gasteiger partial charge < -0.3 is 0 Å². The third-order valence-corrected chi connectivity index (χ3v) is 3.20. The van der Waals surface area contributed by atoms with Crippen LogP contribution in [0.3, 0.4) is 0 Å². The molecule has 1 aliphatic rings. The number of hydrogen-bond acceptors (Lipinski definition) is 1. The van der Waals surface area contributed by atoms with Crippen LogP contribution < -0.4 is 0 Å². The minimum absolute atomic E-state index is 0.269. The molecule has 0 aliphatic heterocycles. The molecule has 0 atom stereocenters. The van der Waals surface area contributed by atoms with Crippen LogP contribution in [0.4, 0.5) is 0 Å². The first kappa shape index (κ1) is 10.6. The van der Waals surface area contributed by atoms with Gasteiger partial charge in [-0.15, -0.1) is 0 Å². The number of benzene rings is 1. The lowest BCUT2D eigenvalue weighted by Gasteiger charge is -2.04. The molecule has 0 bridgehead atoms. The van der Waals surface area contributed by atoms with Gasteiger partial charge in [0.1, 0.15) is 0 Å². The summed E-state index contributed by atoms with van der Waals surface area (Å²) in [6.07, 6.45) is 5.69. The Bertz CT molecular complexity index is 390. The molecule has 0 spiro atoms. The lowest BCUT2D eigenvalue weighted by atomic mass is 10.0. The zero-order valence-corrected chi connectivity index (χ0v) is 10.1. The van der Waals surface area contributed by atoms with Crippen LogP contribution >= 0.6 is 15.9 Å². The third kappa shape index (κ3) is 2.78. The average molecular weight is 265 g/mol. The van der Waals surface area contributed by atoms with Crippen LogP contribution in [-0.4, -0.2) is 5.78 Å². The molecule has 1 aliphatic carbocycles. The molecule has 1 aromatic rings. The largest absolute Gasteiger partial charge is 0.295 e. The SMILES string of the molecule is O=C1C=C(c2ccc(Br)cc2)CCCC1. The van der Waals surface area contributed by atoms with Crippen molar-refractivity contribution in [3.05, 3.63) is 40.4 Å². The molecule has 0 radical (unpaired) electrons. The van der Waals surface area contributed by atoms with Crippen LogP contribution in [0.15, 0.2) is 34.8 Å². The maximum Gasteiger partial charge on any atom is 0.155 e. The van der Waals surface area contributed by atoms with E-state index in [9.17, 15) is 4.79 Å². The Kier molecular flexibility index (Phi) is 3.37. The van der Waals surface area contributed by atoms with E-state index >= 15 is 0 Å². The molecule has 0 unspecified atom stereocenters. The quantitative estimate of drug-likeness (QED) is 0.750. The minimum Gasteiger partial charge on any atom is -0.295 e. The second kappa shape index (κ2) is 4.75. The molecular formula is C13H13BrO. The molecule has 15 heavy (non-hydrogen) atoms. The molecule has 0 saturated carbocycles. The molecule has 0 amide bonds. The van der Waals surface area contributed by atoms with Crippen molar-refractivity contribution in [1.29, 1.82) is 0 Å². The molecule has 2 rings (SSSR count). The van der Waals surface area contributed by atoms with Crippen molar-refractivity contribution in [2.75, 3.05) is 0 Å². The van der Waals surface area contributed by atoms with Crippen LogP contribution in [0.25, 0.3) is 5.57 Å². The standard InChI is InChI=1S/C13H13BrO/c14-12-7-5-10(6-8-12)11-3-1-2-4-13(15)9-11/h5-9H,1-4H2. The van der Waals surface area contributed by atoms with Crippen molar-refractivity contribution in [1.82, 2.24) is 0 Å². The first-order valence-electron chi connectivity index (χ1n) is 5.25. The van der Waals surface area contributed by atoms with Gasteiger partial charge in [-0.1, -0.05) is 28.1 Å². The van der Waals surface area contributed by atoms with Crippen molar-refractivity contribution >= 4 is 27.3 Å².